The highest BCUT2D eigenvalue weighted by molar-refractivity contribution is 7.09. The van der Waals surface area contributed by atoms with Crippen LogP contribution in [0.3, 0.4) is 0 Å². The minimum absolute atomic E-state index is 0.347. The quantitative estimate of drug-likeness (QED) is 0.851. The van der Waals surface area contributed by atoms with Crippen LogP contribution < -0.4 is 5.32 Å². The van der Waals surface area contributed by atoms with Gasteiger partial charge in [0.05, 0.1) is 29.9 Å². The van der Waals surface area contributed by atoms with Crippen molar-refractivity contribution in [3.8, 4) is 0 Å². The number of rotatable bonds is 5. The van der Waals surface area contributed by atoms with Crippen molar-refractivity contribution in [1.29, 1.82) is 0 Å². The third-order valence-electron chi connectivity index (χ3n) is 2.55. The summed E-state index contributed by atoms with van der Waals surface area (Å²) in [7, 11) is 0. The number of pyridine rings is 1. The van der Waals surface area contributed by atoms with Crippen LogP contribution in [0, 0.1) is 6.92 Å². The fraction of sp³-hybridized carbons (Fsp3) is 0.308. The van der Waals surface area contributed by atoms with E-state index in [0.717, 1.165) is 11.5 Å². The Labute approximate surface area is 115 Å². The van der Waals surface area contributed by atoms with Crippen LogP contribution in [0.15, 0.2) is 23.8 Å². The number of nitrogens with one attached hydrogen (secondary N) is 1. The van der Waals surface area contributed by atoms with Crippen LogP contribution in [-0.4, -0.2) is 22.5 Å². The van der Waals surface area contributed by atoms with Crippen LogP contribution in [0.25, 0.3) is 0 Å². The van der Waals surface area contributed by atoms with E-state index < -0.39 is 0 Å². The zero-order valence-electron chi connectivity index (χ0n) is 10.8. The van der Waals surface area contributed by atoms with Gasteiger partial charge in [-0.2, -0.15) is 0 Å². The summed E-state index contributed by atoms with van der Waals surface area (Å²) in [5.41, 5.74) is 3.31. The first-order valence-electron chi connectivity index (χ1n) is 5.96. The summed E-state index contributed by atoms with van der Waals surface area (Å²) in [4.78, 5) is 21.0. The number of carbonyl (C=O) groups is 1. The summed E-state index contributed by atoms with van der Waals surface area (Å²) in [5, 5.41) is 3.19. The molecule has 0 amide bonds. The molecule has 19 heavy (non-hydrogen) atoms. The number of thiazole rings is 1. The Bertz CT molecular complexity index is 551. The van der Waals surface area contributed by atoms with E-state index in [4.69, 9.17) is 4.74 Å². The van der Waals surface area contributed by atoms with Crippen LogP contribution in [0.4, 0.5) is 5.82 Å². The largest absolute Gasteiger partial charge is 0.462 e. The molecular formula is C13H15N3O2S. The highest BCUT2D eigenvalue weighted by Gasteiger charge is 2.07. The molecule has 0 saturated carbocycles. The lowest BCUT2D eigenvalue weighted by atomic mass is 10.3. The van der Waals surface area contributed by atoms with Crippen LogP contribution >= 0.6 is 11.3 Å². The van der Waals surface area contributed by atoms with Gasteiger partial charge in [-0.05, 0) is 26.0 Å². The van der Waals surface area contributed by atoms with E-state index in [1.807, 2.05) is 12.4 Å². The lowest BCUT2D eigenvalue weighted by Crippen LogP contribution is -2.06. The van der Waals surface area contributed by atoms with E-state index >= 15 is 0 Å². The maximum atomic E-state index is 11.5. The molecule has 0 aliphatic carbocycles. The van der Waals surface area contributed by atoms with Gasteiger partial charge in [-0.1, -0.05) is 0 Å². The molecule has 0 atom stereocenters. The van der Waals surface area contributed by atoms with Crippen molar-refractivity contribution in [2.24, 2.45) is 0 Å². The number of aromatic nitrogens is 2. The number of ether oxygens (including phenoxy) is 1. The monoisotopic (exact) mass is 277 g/mol. The van der Waals surface area contributed by atoms with Crippen molar-refractivity contribution >= 4 is 23.1 Å². The molecule has 2 aromatic rings. The summed E-state index contributed by atoms with van der Waals surface area (Å²) in [6, 6.07) is 3.47. The fourth-order valence-corrected chi connectivity index (χ4v) is 2.22. The maximum Gasteiger partial charge on any atom is 0.339 e. The second-order valence-corrected chi connectivity index (χ2v) is 4.81. The van der Waals surface area contributed by atoms with Gasteiger partial charge in [0.1, 0.15) is 5.82 Å². The third-order valence-corrected chi connectivity index (χ3v) is 3.48. The van der Waals surface area contributed by atoms with Crippen molar-refractivity contribution < 1.29 is 9.53 Å². The van der Waals surface area contributed by atoms with Crippen molar-refractivity contribution in [2.75, 3.05) is 11.9 Å². The Hall–Kier alpha value is -1.95. The first-order valence-corrected chi connectivity index (χ1v) is 6.84. The molecule has 0 aliphatic rings. The van der Waals surface area contributed by atoms with Gasteiger partial charge in [0.15, 0.2) is 0 Å². The van der Waals surface area contributed by atoms with E-state index in [0.29, 0.717) is 18.7 Å². The molecule has 100 valence electrons. The van der Waals surface area contributed by atoms with Crippen molar-refractivity contribution in [1.82, 2.24) is 9.97 Å². The minimum Gasteiger partial charge on any atom is -0.462 e. The normalized spacial score (nSPS) is 10.2. The molecule has 0 bridgehead atoms. The van der Waals surface area contributed by atoms with Gasteiger partial charge in [0, 0.05) is 11.1 Å². The van der Waals surface area contributed by atoms with Crippen LogP contribution in [0.5, 0.6) is 0 Å². The number of esters is 1. The molecule has 2 rings (SSSR count). The van der Waals surface area contributed by atoms with E-state index in [2.05, 4.69) is 15.3 Å². The predicted molar refractivity (Wildman–Crippen MR) is 74.4 cm³/mol. The number of carbonyl (C=O) groups excluding carboxylic acids is 1. The number of hydrogen-bond donors (Lipinski definition) is 1. The molecule has 0 fully saturated rings. The standard InChI is InChI=1S/C13H15N3O2S/c1-3-18-13(17)10-4-5-12(14-6-10)15-7-11-9(2)16-8-19-11/h4-6,8H,3,7H2,1-2H3,(H,14,15). The molecule has 0 aromatic carbocycles. The number of hydrogen-bond acceptors (Lipinski definition) is 6. The third kappa shape index (κ3) is 3.51. The molecule has 2 aromatic heterocycles. The molecule has 2 heterocycles. The number of aryl methyl sites for hydroxylation is 1. The molecule has 0 saturated heterocycles. The topological polar surface area (TPSA) is 64.1 Å². The summed E-state index contributed by atoms with van der Waals surface area (Å²) in [6.07, 6.45) is 1.51. The second-order valence-electron chi connectivity index (χ2n) is 3.87. The molecule has 0 radical (unpaired) electrons. The van der Waals surface area contributed by atoms with Gasteiger partial charge in [-0.25, -0.2) is 14.8 Å². The first-order chi connectivity index (χ1) is 9.20. The van der Waals surface area contributed by atoms with Gasteiger partial charge in [-0.15, -0.1) is 11.3 Å². The smallest absolute Gasteiger partial charge is 0.339 e. The van der Waals surface area contributed by atoms with Gasteiger partial charge >= 0.3 is 5.97 Å². The van der Waals surface area contributed by atoms with Gasteiger partial charge in [-0.3, -0.25) is 0 Å². The summed E-state index contributed by atoms with van der Waals surface area (Å²) >= 11 is 1.61. The van der Waals surface area contributed by atoms with E-state index in [9.17, 15) is 4.79 Å². The maximum absolute atomic E-state index is 11.5. The van der Waals surface area contributed by atoms with E-state index in [-0.39, 0.29) is 5.97 Å². The Morgan fingerprint density at radius 2 is 2.26 bits per heavy atom. The van der Waals surface area contributed by atoms with Crippen LogP contribution in [0.2, 0.25) is 0 Å². The highest BCUT2D eigenvalue weighted by atomic mass is 32.1. The Kier molecular flexibility index (Phi) is 4.46. The zero-order valence-corrected chi connectivity index (χ0v) is 11.7. The Morgan fingerprint density at radius 3 is 2.84 bits per heavy atom. The molecule has 0 aliphatic heterocycles. The second kappa shape index (κ2) is 6.29. The van der Waals surface area contributed by atoms with E-state index in [1.54, 1.807) is 30.4 Å². The van der Waals surface area contributed by atoms with E-state index in [1.165, 1.54) is 11.1 Å². The molecule has 0 unspecified atom stereocenters. The molecule has 1 N–H and O–H groups in total. The number of nitrogens with zero attached hydrogens (tertiary/aromatic N) is 2. The molecule has 0 spiro atoms. The summed E-state index contributed by atoms with van der Waals surface area (Å²) in [6.45, 7) is 4.80. The SMILES string of the molecule is CCOC(=O)c1ccc(NCc2scnc2C)nc1. The fourth-order valence-electron chi connectivity index (χ4n) is 1.50. The Balaban J connectivity index is 1.95. The zero-order chi connectivity index (χ0) is 13.7. The summed E-state index contributed by atoms with van der Waals surface area (Å²) in [5.74, 6) is 0.376. The predicted octanol–water partition coefficient (Wildman–Crippen LogP) is 2.64. The highest BCUT2D eigenvalue weighted by Crippen LogP contribution is 2.14. The van der Waals surface area contributed by atoms with Crippen molar-refractivity contribution in [3.63, 3.8) is 0 Å². The minimum atomic E-state index is -0.347. The lowest BCUT2D eigenvalue weighted by molar-refractivity contribution is 0.0526. The molecular weight excluding hydrogens is 262 g/mol. The molecule has 5 nitrogen and oxygen atoms in total. The van der Waals surface area contributed by atoms with Crippen LogP contribution in [0.1, 0.15) is 27.9 Å². The number of anilines is 1. The van der Waals surface area contributed by atoms with Crippen LogP contribution in [-0.2, 0) is 11.3 Å². The lowest BCUT2D eigenvalue weighted by Gasteiger charge is -2.05. The van der Waals surface area contributed by atoms with Gasteiger partial charge in [0.25, 0.3) is 0 Å². The van der Waals surface area contributed by atoms with Gasteiger partial charge in [0.2, 0.25) is 0 Å². The first kappa shape index (κ1) is 13.5. The van der Waals surface area contributed by atoms with Crippen molar-refractivity contribution in [2.45, 2.75) is 20.4 Å². The van der Waals surface area contributed by atoms with Crippen molar-refractivity contribution in [3.05, 3.63) is 40.0 Å². The molecule has 6 heteroatoms. The Morgan fingerprint density at radius 1 is 1.42 bits per heavy atom. The average Bonchev–Trinajstić information content (AvgIpc) is 2.83. The average molecular weight is 277 g/mol. The summed E-state index contributed by atoms with van der Waals surface area (Å²) < 4.78 is 4.90. The van der Waals surface area contributed by atoms with Gasteiger partial charge < -0.3 is 10.1 Å².